The number of nitrogens with zero attached hydrogens (tertiary/aromatic N) is 1. The van der Waals surface area contributed by atoms with Gasteiger partial charge in [0.05, 0.1) is 6.54 Å². The summed E-state index contributed by atoms with van der Waals surface area (Å²) in [4.78, 5) is 37.7. The molecule has 2 aliphatic rings. The van der Waals surface area contributed by atoms with Crippen molar-refractivity contribution in [2.24, 2.45) is 0 Å². The number of benzene rings is 1. The van der Waals surface area contributed by atoms with E-state index in [-0.39, 0.29) is 30.6 Å². The van der Waals surface area contributed by atoms with Crippen molar-refractivity contribution >= 4 is 22.8 Å². The monoisotopic (exact) mass is 370 g/mol. The van der Waals surface area contributed by atoms with Crippen LogP contribution in [0.15, 0.2) is 27.4 Å². The highest BCUT2D eigenvalue weighted by Gasteiger charge is 2.20. The Morgan fingerprint density at radius 3 is 2.70 bits per heavy atom. The van der Waals surface area contributed by atoms with Crippen LogP contribution in [0.1, 0.15) is 30.4 Å². The molecule has 1 aliphatic heterocycles. The normalized spacial score (nSPS) is 15.8. The first-order valence-corrected chi connectivity index (χ1v) is 9.38. The molecule has 1 N–H and O–H groups in total. The van der Waals surface area contributed by atoms with Gasteiger partial charge in [-0.2, -0.15) is 0 Å². The van der Waals surface area contributed by atoms with Gasteiger partial charge in [0.15, 0.2) is 6.61 Å². The number of nitrogens with one attached hydrogen (secondary N) is 1. The number of likely N-dealkylation sites (tertiary alicyclic amines) is 1. The molecule has 0 unspecified atom stereocenters. The smallest absolute Gasteiger partial charge is 0.339 e. The highest BCUT2D eigenvalue weighted by atomic mass is 16.5. The Kier molecular flexibility index (Phi) is 4.83. The molecule has 0 spiro atoms. The lowest BCUT2D eigenvalue weighted by atomic mass is 10.1. The molecule has 0 radical (unpaired) electrons. The van der Waals surface area contributed by atoms with E-state index in [1.54, 1.807) is 17.0 Å². The SMILES string of the molecule is O=C(COc1ccc2c3c(c(=O)oc2c1)CCC3)NCC(=O)N1CCCC1. The van der Waals surface area contributed by atoms with Crippen LogP contribution in [-0.2, 0) is 22.4 Å². The Morgan fingerprint density at radius 2 is 1.89 bits per heavy atom. The largest absolute Gasteiger partial charge is 0.484 e. The summed E-state index contributed by atoms with van der Waals surface area (Å²) in [6.07, 6.45) is 4.65. The van der Waals surface area contributed by atoms with Crippen LogP contribution in [0.25, 0.3) is 11.0 Å². The molecule has 1 fully saturated rings. The number of hydrogen-bond acceptors (Lipinski definition) is 5. The fraction of sp³-hybridized carbons (Fsp3) is 0.450. The Hall–Kier alpha value is -2.83. The first kappa shape index (κ1) is 17.6. The summed E-state index contributed by atoms with van der Waals surface area (Å²) in [7, 11) is 0. The summed E-state index contributed by atoms with van der Waals surface area (Å²) in [5.41, 5.74) is 2.03. The zero-order valence-electron chi connectivity index (χ0n) is 15.1. The van der Waals surface area contributed by atoms with Gasteiger partial charge in [-0.05, 0) is 49.8 Å². The third kappa shape index (κ3) is 3.67. The van der Waals surface area contributed by atoms with Crippen LogP contribution in [0.2, 0.25) is 0 Å². The Morgan fingerprint density at radius 1 is 1.11 bits per heavy atom. The van der Waals surface area contributed by atoms with E-state index in [0.29, 0.717) is 11.3 Å². The van der Waals surface area contributed by atoms with Gasteiger partial charge in [-0.1, -0.05) is 0 Å². The zero-order chi connectivity index (χ0) is 18.8. The van der Waals surface area contributed by atoms with Crippen LogP contribution in [-0.4, -0.2) is 43.0 Å². The molecular weight excluding hydrogens is 348 g/mol. The first-order valence-electron chi connectivity index (χ1n) is 9.38. The van der Waals surface area contributed by atoms with Crippen molar-refractivity contribution in [3.63, 3.8) is 0 Å². The molecule has 0 atom stereocenters. The summed E-state index contributed by atoms with van der Waals surface area (Å²) in [6, 6.07) is 5.27. The van der Waals surface area contributed by atoms with Crippen LogP contribution in [0.3, 0.4) is 0 Å². The molecule has 142 valence electrons. The van der Waals surface area contributed by atoms with Crippen molar-refractivity contribution in [2.75, 3.05) is 26.2 Å². The maximum Gasteiger partial charge on any atom is 0.339 e. The van der Waals surface area contributed by atoms with Crippen LogP contribution < -0.4 is 15.7 Å². The van der Waals surface area contributed by atoms with Gasteiger partial charge in [-0.3, -0.25) is 9.59 Å². The van der Waals surface area contributed by atoms with Crippen molar-refractivity contribution in [3.8, 4) is 5.75 Å². The molecule has 2 aromatic rings. The second-order valence-electron chi connectivity index (χ2n) is 7.01. The average molecular weight is 370 g/mol. The standard InChI is InChI=1S/C20H22N2O5/c23-18(21-11-19(24)22-8-1-2-9-22)12-26-13-6-7-15-14-4-3-5-16(14)20(25)27-17(15)10-13/h6-7,10H,1-5,8-9,11-12H2,(H,21,23). The molecule has 7 nitrogen and oxygen atoms in total. The number of aryl methyl sites for hydroxylation is 1. The van der Waals surface area contributed by atoms with E-state index in [1.165, 1.54) is 0 Å². The molecule has 1 saturated heterocycles. The van der Waals surface area contributed by atoms with Gasteiger partial charge in [-0.25, -0.2) is 4.79 Å². The minimum absolute atomic E-state index is 0.0130. The number of hydrogen-bond donors (Lipinski definition) is 1. The molecule has 4 rings (SSSR count). The summed E-state index contributed by atoms with van der Waals surface area (Å²) in [5.74, 6) is 0.0184. The quantitative estimate of drug-likeness (QED) is 0.804. The van der Waals surface area contributed by atoms with Gasteiger partial charge in [0.2, 0.25) is 5.91 Å². The predicted molar refractivity (Wildman–Crippen MR) is 98.8 cm³/mol. The van der Waals surface area contributed by atoms with Crippen LogP contribution >= 0.6 is 0 Å². The lowest BCUT2D eigenvalue weighted by Crippen LogP contribution is -2.40. The van der Waals surface area contributed by atoms with Gasteiger partial charge < -0.3 is 19.4 Å². The molecule has 1 aliphatic carbocycles. The molecule has 0 bridgehead atoms. The van der Waals surface area contributed by atoms with Crippen molar-refractivity contribution < 1.29 is 18.7 Å². The number of carbonyl (C=O) groups is 2. The number of carbonyl (C=O) groups excluding carboxylic acids is 2. The molecule has 2 amide bonds. The highest BCUT2D eigenvalue weighted by molar-refractivity contribution is 5.86. The highest BCUT2D eigenvalue weighted by Crippen LogP contribution is 2.29. The number of rotatable bonds is 5. The van der Waals surface area contributed by atoms with Crippen molar-refractivity contribution in [2.45, 2.75) is 32.1 Å². The summed E-state index contributed by atoms with van der Waals surface area (Å²) in [6.45, 7) is 1.31. The van der Waals surface area contributed by atoms with Crippen LogP contribution in [0.5, 0.6) is 5.75 Å². The van der Waals surface area contributed by atoms with Gasteiger partial charge in [-0.15, -0.1) is 0 Å². The lowest BCUT2D eigenvalue weighted by molar-refractivity contribution is -0.132. The minimum Gasteiger partial charge on any atom is -0.484 e. The Balaban J connectivity index is 1.36. The molecule has 7 heteroatoms. The predicted octanol–water partition coefficient (Wildman–Crippen LogP) is 1.40. The van der Waals surface area contributed by atoms with E-state index >= 15 is 0 Å². The molecule has 27 heavy (non-hydrogen) atoms. The van der Waals surface area contributed by atoms with E-state index in [9.17, 15) is 14.4 Å². The van der Waals surface area contributed by atoms with Crippen LogP contribution in [0, 0.1) is 0 Å². The Labute approximate surface area is 156 Å². The number of fused-ring (bicyclic) bond motifs is 3. The van der Waals surface area contributed by atoms with Crippen LogP contribution in [0.4, 0.5) is 0 Å². The van der Waals surface area contributed by atoms with Gasteiger partial charge in [0.25, 0.3) is 5.91 Å². The van der Waals surface area contributed by atoms with E-state index < -0.39 is 0 Å². The van der Waals surface area contributed by atoms with Crippen molar-refractivity contribution in [3.05, 3.63) is 39.7 Å². The van der Waals surface area contributed by atoms with Gasteiger partial charge in [0.1, 0.15) is 11.3 Å². The summed E-state index contributed by atoms with van der Waals surface area (Å²) < 4.78 is 10.9. The van der Waals surface area contributed by atoms with E-state index in [2.05, 4.69) is 5.32 Å². The number of amides is 2. The first-order chi connectivity index (χ1) is 13.1. The summed E-state index contributed by atoms with van der Waals surface area (Å²) >= 11 is 0. The van der Waals surface area contributed by atoms with Crippen molar-refractivity contribution in [1.29, 1.82) is 0 Å². The molecular formula is C20H22N2O5. The van der Waals surface area contributed by atoms with E-state index in [1.807, 2.05) is 6.07 Å². The lowest BCUT2D eigenvalue weighted by Gasteiger charge is -2.15. The number of ether oxygens (including phenoxy) is 1. The zero-order valence-corrected chi connectivity index (χ0v) is 15.1. The van der Waals surface area contributed by atoms with E-state index in [0.717, 1.165) is 61.7 Å². The average Bonchev–Trinajstić information content (AvgIpc) is 3.36. The maximum atomic E-state index is 12.1. The third-order valence-corrected chi connectivity index (χ3v) is 5.21. The second kappa shape index (κ2) is 7.42. The third-order valence-electron chi connectivity index (χ3n) is 5.21. The molecule has 2 heterocycles. The van der Waals surface area contributed by atoms with E-state index in [4.69, 9.17) is 9.15 Å². The van der Waals surface area contributed by atoms with Crippen molar-refractivity contribution in [1.82, 2.24) is 10.2 Å². The van der Waals surface area contributed by atoms with Gasteiger partial charge in [0, 0.05) is 30.1 Å². The second-order valence-corrected chi connectivity index (χ2v) is 7.01. The maximum absolute atomic E-state index is 12.1. The molecule has 1 aromatic heterocycles. The summed E-state index contributed by atoms with van der Waals surface area (Å²) in [5, 5.41) is 3.51. The van der Waals surface area contributed by atoms with Gasteiger partial charge >= 0.3 is 5.63 Å². The topological polar surface area (TPSA) is 88.9 Å². The Bertz CT molecular complexity index is 943. The molecule has 1 aromatic carbocycles. The fourth-order valence-corrected chi connectivity index (χ4v) is 3.81. The fourth-order valence-electron chi connectivity index (χ4n) is 3.81. The molecule has 0 saturated carbocycles. The minimum atomic E-state index is -0.363.